The molecule has 156 valence electrons. The summed E-state index contributed by atoms with van der Waals surface area (Å²) >= 11 is 0. The molecule has 0 radical (unpaired) electrons. The normalized spacial score (nSPS) is 17.7. The van der Waals surface area contributed by atoms with Gasteiger partial charge in [0.15, 0.2) is 11.5 Å². The fourth-order valence-electron chi connectivity index (χ4n) is 3.40. The molecule has 2 aromatic carbocycles. The van der Waals surface area contributed by atoms with Crippen LogP contribution in [-0.2, 0) is 14.3 Å². The second kappa shape index (κ2) is 8.28. The van der Waals surface area contributed by atoms with Crippen LogP contribution < -0.4 is 9.47 Å². The monoisotopic (exact) mass is 411 g/mol. The van der Waals surface area contributed by atoms with Gasteiger partial charge in [0.25, 0.3) is 11.7 Å². The third-order valence-electron chi connectivity index (χ3n) is 4.98. The molecule has 8 heteroatoms. The van der Waals surface area contributed by atoms with Crippen LogP contribution in [0.3, 0.4) is 0 Å². The Bertz CT molecular complexity index is 1040. The van der Waals surface area contributed by atoms with Crippen LogP contribution in [0.1, 0.15) is 27.5 Å². The maximum absolute atomic E-state index is 12.7. The minimum atomic E-state index is -0.815. The number of benzene rings is 2. The summed E-state index contributed by atoms with van der Waals surface area (Å²) < 4.78 is 15.1. The first-order valence-corrected chi connectivity index (χ1v) is 8.99. The number of ether oxygens (including phenoxy) is 3. The van der Waals surface area contributed by atoms with Crippen LogP contribution in [-0.4, -0.2) is 56.0 Å². The lowest BCUT2D eigenvalue weighted by molar-refractivity contribution is -0.139. The molecule has 30 heavy (non-hydrogen) atoms. The predicted molar refractivity (Wildman–Crippen MR) is 107 cm³/mol. The smallest absolute Gasteiger partial charge is 0.337 e. The summed E-state index contributed by atoms with van der Waals surface area (Å²) in [6.07, 6.45) is 0. The van der Waals surface area contributed by atoms with Gasteiger partial charge in [-0.1, -0.05) is 12.1 Å². The van der Waals surface area contributed by atoms with E-state index in [1.54, 1.807) is 24.3 Å². The maximum Gasteiger partial charge on any atom is 0.337 e. The van der Waals surface area contributed by atoms with Crippen molar-refractivity contribution in [2.45, 2.75) is 6.04 Å². The number of likely N-dealkylation sites (tertiary alicyclic amines) is 1. The first kappa shape index (κ1) is 20.9. The van der Waals surface area contributed by atoms with Crippen molar-refractivity contribution < 1.29 is 33.7 Å². The van der Waals surface area contributed by atoms with E-state index in [9.17, 15) is 19.5 Å². The Kier molecular flexibility index (Phi) is 5.77. The van der Waals surface area contributed by atoms with Crippen LogP contribution in [0.25, 0.3) is 5.76 Å². The molecule has 0 aliphatic carbocycles. The van der Waals surface area contributed by atoms with Gasteiger partial charge >= 0.3 is 5.97 Å². The number of aliphatic hydroxyl groups is 1. The number of esters is 1. The Morgan fingerprint density at radius 1 is 0.933 bits per heavy atom. The van der Waals surface area contributed by atoms with Crippen LogP contribution >= 0.6 is 0 Å². The molecule has 0 bridgehead atoms. The highest BCUT2D eigenvalue weighted by molar-refractivity contribution is 6.46. The van der Waals surface area contributed by atoms with Crippen molar-refractivity contribution in [3.05, 3.63) is 64.7 Å². The summed E-state index contributed by atoms with van der Waals surface area (Å²) in [6, 6.07) is 10.2. The molecule has 1 fully saturated rings. The molecular formula is C22H21NO7. The van der Waals surface area contributed by atoms with E-state index in [1.165, 1.54) is 51.5 Å². The van der Waals surface area contributed by atoms with E-state index in [2.05, 4.69) is 4.74 Å². The quantitative estimate of drug-likeness (QED) is 0.349. The fourth-order valence-corrected chi connectivity index (χ4v) is 3.40. The van der Waals surface area contributed by atoms with Gasteiger partial charge in [-0.05, 0) is 35.9 Å². The number of hydrogen-bond donors (Lipinski definition) is 1. The third-order valence-corrected chi connectivity index (χ3v) is 4.98. The molecule has 0 saturated carbocycles. The van der Waals surface area contributed by atoms with Gasteiger partial charge in [-0.2, -0.15) is 0 Å². The summed E-state index contributed by atoms with van der Waals surface area (Å²) in [4.78, 5) is 38.0. The maximum atomic E-state index is 12.7. The molecule has 1 amide bonds. The number of likely N-dealkylation sites (N-methyl/N-ethyl adjacent to an activating group) is 1. The van der Waals surface area contributed by atoms with Crippen molar-refractivity contribution in [1.29, 1.82) is 0 Å². The third kappa shape index (κ3) is 3.47. The molecule has 1 aliphatic rings. The van der Waals surface area contributed by atoms with Crippen molar-refractivity contribution in [3.63, 3.8) is 0 Å². The standard InChI is InChI=1S/C22H21NO7/c1-23-18(12-5-7-13(8-6-12)22(27)30-4)17(20(25)21(23)26)19(24)14-9-10-15(28-2)16(11-14)29-3/h5-11,18,24H,1-4H3/t18-/m0/s1. The van der Waals surface area contributed by atoms with E-state index < -0.39 is 23.7 Å². The van der Waals surface area contributed by atoms with Gasteiger partial charge in [0.2, 0.25) is 0 Å². The summed E-state index contributed by atoms with van der Waals surface area (Å²) in [5.74, 6) is -1.55. The van der Waals surface area contributed by atoms with Gasteiger partial charge in [-0.15, -0.1) is 0 Å². The highest BCUT2D eigenvalue weighted by Crippen LogP contribution is 2.39. The van der Waals surface area contributed by atoms with Crippen molar-refractivity contribution >= 4 is 23.4 Å². The van der Waals surface area contributed by atoms with Crippen molar-refractivity contribution in [1.82, 2.24) is 4.90 Å². The predicted octanol–water partition coefficient (Wildman–Crippen LogP) is 2.54. The lowest BCUT2D eigenvalue weighted by Gasteiger charge is -2.21. The molecule has 0 spiro atoms. The zero-order chi connectivity index (χ0) is 22.0. The van der Waals surface area contributed by atoms with Crippen molar-refractivity contribution in [3.8, 4) is 11.5 Å². The Labute approximate surface area is 173 Å². The number of rotatable bonds is 5. The van der Waals surface area contributed by atoms with E-state index in [4.69, 9.17) is 9.47 Å². The molecular weight excluding hydrogens is 390 g/mol. The topological polar surface area (TPSA) is 102 Å². The zero-order valence-corrected chi connectivity index (χ0v) is 17.0. The Hall–Kier alpha value is -3.81. The molecule has 8 nitrogen and oxygen atoms in total. The summed E-state index contributed by atoms with van der Waals surface area (Å²) in [6.45, 7) is 0. The van der Waals surface area contributed by atoms with E-state index in [1.807, 2.05) is 0 Å². The Balaban J connectivity index is 2.11. The van der Waals surface area contributed by atoms with Crippen LogP contribution in [0.15, 0.2) is 48.0 Å². The van der Waals surface area contributed by atoms with Gasteiger partial charge in [0, 0.05) is 12.6 Å². The average Bonchev–Trinajstić information content (AvgIpc) is 3.01. The summed E-state index contributed by atoms with van der Waals surface area (Å²) in [7, 11) is 5.70. The Morgan fingerprint density at radius 3 is 2.10 bits per heavy atom. The number of carbonyl (C=O) groups excluding carboxylic acids is 3. The molecule has 2 aromatic rings. The van der Waals surface area contributed by atoms with Crippen LogP contribution in [0.4, 0.5) is 0 Å². The lowest BCUT2D eigenvalue weighted by Crippen LogP contribution is -2.24. The molecule has 1 N–H and O–H groups in total. The number of hydrogen-bond acceptors (Lipinski definition) is 7. The summed E-state index contributed by atoms with van der Waals surface area (Å²) in [5, 5.41) is 10.9. The lowest BCUT2D eigenvalue weighted by atomic mass is 9.94. The first-order chi connectivity index (χ1) is 14.3. The molecule has 1 aliphatic heterocycles. The first-order valence-electron chi connectivity index (χ1n) is 8.99. The molecule has 3 rings (SSSR count). The van der Waals surface area contributed by atoms with Crippen LogP contribution in [0.5, 0.6) is 11.5 Å². The van der Waals surface area contributed by atoms with Gasteiger partial charge in [0.05, 0.1) is 38.5 Å². The minimum absolute atomic E-state index is 0.0551. The fraction of sp³-hybridized carbons (Fsp3) is 0.227. The number of methoxy groups -OCH3 is 3. The number of carbonyl (C=O) groups is 3. The molecule has 1 heterocycles. The largest absolute Gasteiger partial charge is 0.507 e. The average molecular weight is 411 g/mol. The van der Waals surface area contributed by atoms with Gasteiger partial charge in [-0.3, -0.25) is 9.59 Å². The van der Waals surface area contributed by atoms with Crippen LogP contribution in [0.2, 0.25) is 0 Å². The number of Topliss-reactive ketones (excluding diaryl/α,β-unsaturated/α-hetero) is 1. The van der Waals surface area contributed by atoms with Gasteiger partial charge in [-0.25, -0.2) is 4.79 Å². The second-order valence-electron chi connectivity index (χ2n) is 6.59. The number of amides is 1. The molecule has 0 unspecified atom stereocenters. The highest BCUT2D eigenvalue weighted by atomic mass is 16.5. The molecule has 1 atom stereocenters. The molecule has 1 saturated heterocycles. The highest BCUT2D eigenvalue weighted by Gasteiger charge is 2.44. The van der Waals surface area contributed by atoms with E-state index in [0.717, 1.165) is 0 Å². The zero-order valence-electron chi connectivity index (χ0n) is 17.0. The Morgan fingerprint density at radius 2 is 1.53 bits per heavy atom. The van der Waals surface area contributed by atoms with Crippen molar-refractivity contribution in [2.24, 2.45) is 0 Å². The van der Waals surface area contributed by atoms with E-state index in [-0.39, 0.29) is 11.3 Å². The number of nitrogens with zero attached hydrogens (tertiary/aromatic N) is 1. The number of aliphatic hydroxyl groups excluding tert-OH is 1. The van der Waals surface area contributed by atoms with Crippen molar-refractivity contribution in [2.75, 3.05) is 28.4 Å². The number of ketones is 1. The minimum Gasteiger partial charge on any atom is -0.507 e. The van der Waals surface area contributed by atoms with Gasteiger partial charge in [0.1, 0.15) is 5.76 Å². The SMILES string of the molecule is COC(=O)c1ccc([C@H]2C(=C(O)c3ccc(OC)c(OC)c3)C(=O)C(=O)N2C)cc1. The van der Waals surface area contributed by atoms with Gasteiger partial charge < -0.3 is 24.2 Å². The summed E-state index contributed by atoms with van der Waals surface area (Å²) in [5.41, 5.74) is 1.14. The van der Waals surface area contributed by atoms with E-state index in [0.29, 0.717) is 28.2 Å². The van der Waals surface area contributed by atoms with E-state index >= 15 is 0 Å². The second-order valence-corrected chi connectivity index (χ2v) is 6.59. The molecule has 0 aromatic heterocycles. The van der Waals surface area contributed by atoms with Crippen LogP contribution in [0, 0.1) is 0 Å².